The van der Waals surface area contributed by atoms with Crippen molar-refractivity contribution < 1.29 is 4.21 Å². The lowest BCUT2D eigenvalue weighted by atomic mass is 10.1. The molecule has 0 bridgehead atoms. The largest absolute Gasteiger partial charge is 0.242 e. The van der Waals surface area contributed by atoms with Gasteiger partial charge >= 0.3 is 0 Å². The topological polar surface area (TPSA) is 29.1 Å². The lowest BCUT2D eigenvalue weighted by Gasteiger charge is -2.35. The van der Waals surface area contributed by atoms with Crippen molar-refractivity contribution in [1.82, 2.24) is 4.72 Å². The first kappa shape index (κ1) is 20.0. The Morgan fingerprint density at radius 1 is 0.852 bits per heavy atom. The van der Waals surface area contributed by atoms with Gasteiger partial charge < -0.3 is 0 Å². The molecular weight excluding hydrogens is 366 g/mol. The van der Waals surface area contributed by atoms with Crippen LogP contribution < -0.4 is 9.91 Å². The molecule has 0 spiro atoms. The minimum Gasteiger partial charge on any atom is -0.242 e. The van der Waals surface area contributed by atoms with Crippen molar-refractivity contribution in [3.63, 3.8) is 0 Å². The first-order chi connectivity index (χ1) is 12.7. The van der Waals surface area contributed by atoms with Crippen molar-refractivity contribution in [2.45, 2.75) is 44.3 Å². The van der Waals surface area contributed by atoms with Crippen molar-refractivity contribution in [1.29, 1.82) is 0 Å². The highest BCUT2D eigenvalue weighted by Gasteiger charge is 2.37. The molecule has 1 N–H and O–H groups in total. The number of fused-ring (bicyclic) bond motifs is 1. The molecule has 3 rings (SSSR count). The SMILES string of the molecule is CC(C)(C)S(=O)N[C@@H](c1ccc2ccccc2c1)[Si](C)(C)c1ccccc1. The zero-order chi connectivity index (χ0) is 19.7. The molecule has 0 aliphatic heterocycles. The van der Waals surface area contributed by atoms with E-state index in [4.69, 9.17) is 0 Å². The number of nitrogens with one attached hydrogen (secondary N) is 1. The van der Waals surface area contributed by atoms with Crippen LogP contribution in [0.25, 0.3) is 10.8 Å². The van der Waals surface area contributed by atoms with E-state index < -0.39 is 19.1 Å². The molecule has 0 fully saturated rings. The van der Waals surface area contributed by atoms with Crippen molar-refractivity contribution in [3.8, 4) is 0 Å². The van der Waals surface area contributed by atoms with Crippen LogP contribution in [0.2, 0.25) is 13.1 Å². The molecule has 3 aromatic carbocycles. The second-order valence-electron chi connectivity index (χ2n) is 8.63. The standard InChI is InChI=1S/C23H29NOSSi/c1-23(2,3)26(25)24-22(27(4,5)21-13-7-6-8-14-21)20-16-15-18-11-9-10-12-19(18)17-20/h6-17,22,24H,1-5H3/t22-,26?/m1/s1. The fraction of sp³-hybridized carbons (Fsp3) is 0.304. The predicted octanol–water partition coefficient (Wildman–Crippen LogP) is 5.09. The first-order valence-electron chi connectivity index (χ1n) is 9.42. The van der Waals surface area contributed by atoms with Crippen LogP contribution in [-0.2, 0) is 11.0 Å². The van der Waals surface area contributed by atoms with E-state index in [2.05, 4.69) is 90.6 Å². The Bertz CT molecular complexity index is 947. The van der Waals surface area contributed by atoms with Gasteiger partial charge in [0, 0.05) is 5.67 Å². The van der Waals surface area contributed by atoms with Gasteiger partial charge in [0.05, 0.1) is 15.7 Å². The summed E-state index contributed by atoms with van der Waals surface area (Å²) in [5.41, 5.74) is 1.27. The molecule has 0 aliphatic carbocycles. The van der Waals surface area contributed by atoms with Crippen LogP contribution in [0.15, 0.2) is 72.8 Å². The minimum atomic E-state index is -1.98. The molecule has 2 nitrogen and oxygen atoms in total. The molecular formula is C23H29NOSSi. The van der Waals surface area contributed by atoms with E-state index in [1.165, 1.54) is 21.5 Å². The predicted molar refractivity (Wildman–Crippen MR) is 121 cm³/mol. The molecule has 0 saturated heterocycles. The Morgan fingerprint density at radius 2 is 1.44 bits per heavy atom. The Labute approximate surface area is 166 Å². The van der Waals surface area contributed by atoms with Crippen molar-refractivity contribution in [3.05, 3.63) is 78.4 Å². The maximum atomic E-state index is 13.0. The van der Waals surface area contributed by atoms with E-state index in [0.717, 1.165) is 0 Å². The number of benzene rings is 3. The quantitative estimate of drug-likeness (QED) is 0.599. The summed E-state index contributed by atoms with van der Waals surface area (Å²) in [6.45, 7) is 10.8. The monoisotopic (exact) mass is 395 g/mol. The molecule has 27 heavy (non-hydrogen) atoms. The number of rotatable bonds is 5. The summed E-state index contributed by atoms with van der Waals surface area (Å²) in [6.07, 6.45) is 0. The number of hydrogen-bond donors (Lipinski definition) is 1. The second kappa shape index (κ2) is 7.70. The average molecular weight is 396 g/mol. The van der Waals surface area contributed by atoms with Gasteiger partial charge in [0.15, 0.2) is 0 Å². The van der Waals surface area contributed by atoms with Gasteiger partial charge in [0.1, 0.15) is 8.07 Å². The molecule has 0 saturated carbocycles. The molecule has 142 valence electrons. The Kier molecular flexibility index (Phi) is 5.70. The summed E-state index contributed by atoms with van der Waals surface area (Å²) in [6, 6.07) is 25.7. The van der Waals surface area contributed by atoms with Crippen molar-refractivity contribution >= 4 is 35.0 Å². The van der Waals surface area contributed by atoms with Crippen LogP contribution >= 0.6 is 0 Å². The maximum absolute atomic E-state index is 13.0. The third-order valence-electron chi connectivity index (χ3n) is 5.13. The van der Waals surface area contributed by atoms with E-state index >= 15 is 0 Å². The summed E-state index contributed by atoms with van der Waals surface area (Å²) in [4.78, 5) is 0. The van der Waals surface area contributed by atoms with E-state index in [1.54, 1.807) is 0 Å². The van der Waals surface area contributed by atoms with Gasteiger partial charge in [-0.25, -0.2) is 8.93 Å². The lowest BCUT2D eigenvalue weighted by Crippen LogP contribution is -2.54. The van der Waals surface area contributed by atoms with Crippen LogP contribution in [0.4, 0.5) is 0 Å². The highest BCUT2D eigenvalue weighted by molar-refractivity contribution is 7.84. The van der Waals surface area contributed by atoms with Crippen LogP contribution in [0.3, 0.4) is 0 Å². The molecule has 0 radical (unpaired) electrons. The summed E-state index contributed by atoms with van der Waals surface area (Å²) in [7, 11) is -3.12. The Hall–Kier alpha value is -1.75. The summed E-state index contributed by atoms with van der Waals surface area (Å²) in [5, 5.41) is 3.82. The Morgan fingerprint density at radius 3 is 2.07 bits per heavy atom. The first-order valence-corrected chi connectivity index (χ1v) is 13.6. The minimum absolute atomic E-state index is 0.0598. The van der Waals surface area contributed by atoms with E-state index in [0.29, 0.717) is 0 Å². The lowest BCUT2D eigenvalue weighted by molar-refractivity contribution is 0.630. The molecule has 0 aliphatic rings. The van der Waals surface area contributed by atoms with Gasteiger partial charge in [-0.15, -0.1) is 0 Å². The summed E-state index contributed by atoms with van der Waals surface area (Å²) < 4.78 is 16.2. The average Bonchev–Trinajstić information content (AvgIpc) is 2.65. The van der Waals surface area contributed by atoms with Crippen LogP contribution in [0, 0.1) is 0 Å². The van der Waals surface area contributed by atoms with E-state index in [1.807, 2.05) is 20.8 Å². The van der Waals surface area contributed by atoms with Gasteiger partial charge in [-0.05, 0) is 43.2 Å². The third kappa shape index (κ3) is 4.40. The molecule has 0 aromatic heterocycles. The van der Waals surface area contributed by atoms with Crippen molar-refractivity contribution in [2.24, 2.45) is 0 Å². The summed E-state index contributed by atoms with van der Waals surface area (Å²) in [5.74, 6) is 0. The molecule has 1 unspecified atom stereocenters. The molecule has 2 atom stereocenters. The fourth-order valence-corrected chi connectivity index (χ4v) is 7.94. The highest BCUT2D eigenvalue weighted by atomic mass is 32.2. The smallest absolute Gasteiger partial charge is 0.105 e. The maximum Gasteiger partial charge on any atom is 0.105 e. The zero-order valence-electron chi connectivity index (χ0n) is 16.8. The molecule has 0 heterocycles. The molecule has 4 heteroatoms. The normalized spacial score (nSPS) is 14.9. The van der Waals surface area contributed by atoms with E-state index in [-0.39, 0.29) is 10.4 Å². The highest BCUT2D eigenvalue weighted by Crippen LogP contribution is 2.29. The molecule has 0 amide bonds. The van der Waals surface area contributed by atoms with Crippen LogP contribution in [0.5, 0.6) is 0 Å². The second-order valence-corrected chi connectivity index (χ2v) is 15.2. The van der Waals surface area contributed by atoms with Gasteiger partial charge in [-0.1, -0.05) is 85.0 Å². The van der Waals surface area contributed by atoms with Gasteiger partial charge in [0.2, 0.25) is 0 Å². The zero-order valence-corrected chi connectivity index (χ0v) is 18.6. The summed E-state index contributed by atoms with van der Waals surface area (Å²) >= 11 is 0. The van der Waals surface area contributed by atoms with Crippen molar-refractivity contribution in [2.75, 3.05) is 0 Å². The van der Waals surface area contributed by atoms with Gasteiger partial charge in [-0.2, -0.15) is 0 Å². The van der Waals surface area contributed by atoms with Gasteiger partial charge in [0.25, 0.3) is 0 Å². The number of hydrogen-bond acceptors (Lipinski definition) is 1. The fourth-order valence-electron chi connectivity index (χ4n) is 3.34. The van der Waals surface area contributed by atoms with Gasteiger partial charge in [-0.3, -0.25) is 0 Å². The third-order valence-corrected chi connectivity index (χ3v) is 10.6. The van der Waals surface area contributed by atoms with Crippen LogP contribution in [-0.4, -0.2) is 17.0 Å². The Balaban J connectivity index is 2.09. The molecule has 3 aromatic rings. The van der Waals surface area contributed by atoms with Crippen LogP contribution in [0.1, 0.15) is 32.0 Å². The van der Waals surface area contributed by atoms with E-state index in [9.17, 15) is 4.21 Å².